The number of sulfonamides is 1. The molecule has 0 radical (unpaired) electrons. The van der Waals surface area contributed by atoms with Crippen molar-refractivity contribution in [1.82, 2.24) is 10.2 Å². The summed E-state index contributed by atoms with van der Waals surface area (Å²) >= 11 is 0. The Morgan fingerprint density at radius 3 is 2.11 bits per heavy atom. The number of nitrogens with one attached hydrogen (secondary N) is 1. The van der Waals surface area contributed by atoms with Crippen molar-refractivity contribution in [1.29, 1.82) is 0 Å². The summed E-state index contributed by atoms with van der Waals surface area (Å²) in [6.45, 7) is 13.1. The van der Waals surface area contributed by atoms with Crippen LogP contribution in [0.3, 0.4) is 0 Å². The molecule has 0 aliphatic rings. The highest BCUT2D eigenvalue weighted by Gasteiger charge is 2.33. The van der Waals surface area contributed by atoms with E-state index in [9.17, 15) is 18.0 Å². The maximum absolute atomic E-state index is 13.8. The molecule has 1 unspecified atom stereocenters. The predicted octanol–water partition coefficient (Wildman–Crippen LogP) is 4.10. The van der Waals surface area contributed by atoms with Gasteiger partial charge >= 0.3 is 0 Å². The van der Waals surface area contributed by atoms with E-state index in [2.05, 4.69) is 5.32 Å². The summed E-state index contributed by atoms with van der Waals surface area (Å²) in [6, 6.07) is 12.2. The lowest BCUT2D eigenvalue weighted by Gasteiger charge is -2.34. The maximum atomic E-state index is 13.8. The number of carbonyl (C=O) groups excluding carboxylic acids is 2. The van der Waals surface area contributed by atoms with Crippen LogP contribution in [0.5, 0.6) is 0 Å². The smallest absolute Gasteiger partial charge is 0.244 e. The van der Waals surface area contributed by atoms with E-state index in [0.29, 0.717) is 12.1 Å². The second-order valence-corrected chi connectivity index (χ2v) is 12.1. The van der Waals surface area contributed by atoms with Crippen molar-refractivity contribution < 1.29 is 18.0 Å². The number of amides is 2. The van der Waals surface area contributed by atoms with Gasteiger partial charge in [0.05, 0.1) is 11.9 Å². The normalized spacial score (nSPS) is 12.7. The molecule has 0 bridgehead atoms. The molecule has 7 nitrogen and oxygen atoms in total. The van der Waals surface area contributed by atoms with E-state index in [0.717, 1.165) is 32.8 Å². The van der Waals surface area contributed by atoms with Gasteiger partial charge in [0.25, 0.3) is 0 Å². The van der Waals surface area contributed by atoms with Gasteiger partial charge in [0, 0.05) is 12.1 Å². The Balaban J connectivity index is 2.49. The minimum Gasteiger partial charge on any atom is -0.350 e. The summed E-state index contributed by atoms with van der Waals surface area (Å²) < 4.78 is 26.6. The molecule has 192 valence electrons. The van der Waals surface area contributed by atoms with Gasteiger partial charge in [-0.25, -0.2) is 8.42 Å². The Labute approximate surface area is 210 Å². The number of benzene rings is 2. The van der Waals surface area contributed by atoms with Gasteiger partial charge in [-0.1, -0.05) is 37.3 Å². The van der Waals surface area contributed by atoms with Crippen molar-refractivity contribution in [3.05, 3.63) is 64.7 Å². The molecule has 2 aromatic rings. The van der Waals surface area contributed by atoms with Gasteiger partial charge in [0.15, 0.2) is 0 Å². The fourth-order valence-corrected chi connectivity index (χ4v) is 4.68. The predicted molar refractivity (Wildman–Crippen MR) is 142 cm³/mol. The topological polar surface area (TPSA) is 86.8 Å². The van der Waals surface area contributed by atoms with E-state index in [4.69, 9.17) is 0 Å². The van der Waals surface area contributed by atoms with Crippen LogP contribution < -0.4 is 9.62 Å². The van der Waals surface area contributed by atoms with Crippen LogP contribution in [0.25, 0.3) is 0 Å². The molecule has 1 N–H and O–H groups in total. The zero-order chi connectivity index (χ0) is 26.6. The zero-order valence-electron chi connectivity index (χ0n) is 22.2. The number of anilines is 1. The summed E-state index contributed by atoms with van der Waals surface area (Å²) in [5.74, 6) is -0.702. The Hall–Kier alpha value is -2.87. The molecule has 2 aromatic carbocycles. The summed E-state index contributed by atoms with van der Waals surface area (Å²) in [5.41, 5.74) is 3.80. The molecule has 0 aromatic heterocycles. The van der Waals surface area contributed by atoms with E-state index in [1.165, 1.54) is 4.90 Å². The van der Waals surface area contributed by atoms with Crippen LogP contribution >= 0.6 is 0 Å². The number of nitrogens with zero attached hydrogens (tertiary/aromatic N) is 2. The Morgan fingerprint density at radius 1 is 0.971 bits per heavy atom. The lowest BCUT2D eigenvalue weighted by molar-refractivity contribution is -0.141. The Bertz CT molecular complexity index is 1170. The summed E-state index contributed by atoms with van der Waals surface area (Å²) in [5, 5.41) is 2.97. The average Bonchev–Trinajstić information content (AvgIpc) is 2.73. The minimum absolute atomic E-state index is 0.200. The first-order valence-electron chi connectivity index (χ1n) is 11.8. The molecule has 0 fully saturated rings. The first kappa shape index (κ1) is 28.4. The highest BCUT2D eigenvalue weighted by atomic mass is 32.2. The van der Waals surface area contributed by atoms with E-state index in [-0.39, 0.29) is 12.5 Å². The van der Waals surface area contributed by atoms with Gasteiger partial charge in [0.2, 0.25) is 21.8 Å². The average molecular weight is 502 g/mol. The molecule has 0 spiro atoms. The highest BCUT2D eigenvalue weighted by molar-refractivity contribution is 7.92. The van der Waals surface area contributed by atoms with Crippen molar-refractivity contribution >= 4 is 27.5 Å². The second kappa shape index (κ2) is 11.2. The van der Waals surface area contributed by atoms with Crippen LogP contribution in [0, 0.1) is 20.8 Å². The maximum Gasteiger partial charge on any atom is 0.244 e. The van der Waals surface area contributed by atoms with E-state index in [1.807, 2.05) is 78.8 Å². The van der Waals surface area contributed by atoms with Crippen LogP contribution in [0.2, 0.25) is 0 Å². The van der Waals surface area contributed by atoms with Crippen molar-refractivity contribution in [2.45, 2.75) is 73.0 Å². The second-order valence-electron chi connectivity index (χ2n) is 10.1. The number of hydrogen-bond donors (Lipinski definition) is 1. The fourth-order valence-electron chi connectivity index (χ4n) is 3.84. The molecular formula is C27H39N3O4S. The molecule has 0 saturated heterocycles. The van der Waals surface area contributed by atoms with Crippen LogP contribution in [0.1, 0.15) is 56.4 Å². The monoisotopic (exact) mass is 501 g/mol. The summed E-state index contributed by atoms with van der Waals surface area (Å²) in [7, 11) is -3.75. The third kappa shape index (κ3) is 7.82. The van der Waals surface area contributed by atoms with E-state index >= 15 is 0 Å². The lowest BCUT2D eigenvalue weighted by atomic mass is 10.0. The van der Waals surface area contributed by atoms with E-state index in [1.54, 1.807) is 12.1 Å². The van der Waals surface area contributed by atoms with Crippen molar-refractivity contribution in [3.63, 3.8) is 0 Å². The summed E-state index contributed by atoms with van der Waals surface area (Å²) in [6.07, 6.45) is 1.48. The summed E-state index contributed by atoms with van der Waals surface area (Å²) in [4.78, 5) is 28.5. The standard InChI is InChI=1S/C27H39N3O4S/c1-9-24(26(32)28-27(5,6)7)29(17-22-13-11-10-12-20(22)3)25(31)18-30(35(8,33)34)23-15-14-19(2)21(4)16-23/h10-16,24H,9,17-18H2,1-8H3,(H,28,32). The largest absolute Gasteiger partial charge is 0.350 e. The molecular weight excluding hydrogens is 462 g/mol. The molecule has 0 aliphatic carbocycles. The number of aryl methyl sites for hydroxylation is 3. The van der Waals surface area contributed by atoms with Gasteiger partial charge in [-0.3, -0.25) is 13.9 Å². The van der Waals surface area contributed by atoms with Gasteiger partial charge < -0.3 is 10.2 Å². The molecule has 35 heavy (non-hydrogen) atoms. The SMILES string of the molecule is CCC(C(=O)NC(C)(C)C)N(Cc1ccccc1C)C(=O)CN(c1ccc(C)c(C)c1)S(C)(=O)=O. The van der Waals surface area contributed by atoms with Crippen LogP contribution in [-0.4, -0.2) is 49.5 Å². The minimum atomic E-state index is -3.75. The zero-order valence-corrected chi connectivity index (χ0v) is 23.0. The third-order valence-electron chi connectivity index (χ3n) is 5.94. The fraction of sp³-hybridized carbons (Fsp3) is 0.481. The molecule has 2 rings (SSSR count). The van der Waals surface area contributed by atoms with Gasteiger partial charge in [-0.05, 0) is 82.3 Å². The number of carbonyl (C=O) groups is 2. The van der Waals surface area contributed by atoms with Gasteiger partial charge in [-0.2, -0.15) is 0 Å². The Morgan fingerprint density at radius 2 is 1.60 bits per heavy atom. The first-order valence-corrected chi connectivity index (χ1v) is 13.7. The molecule has 0 aliphatic heterocycles. The van der Waals surface area contributed by atoms with Crippen LogP contribution in [0.15, 0.2) is 42.5 Å². The van der Waals surface area contributed by atoms with Crippen molar-refractivity contribution in [2.75, 3.05) is 17.1 Å². The Kier molecular flexibility index (Phi) is 9.11. The molecule has 0 heterocycles. The highest BCUT2D eigenvalue weighted by Crippen LogP contribution is 2.23. The van der Waals surface area contributed by atoms with Crippen LogP contribution in [-0.2, 0) is 26.2 Å². The van der Waals surface area contributed by atoms with Crippen LogP contribution in [0.4, 0.5) is 5.69 Å². The number of rotatable bonds is 9. The lowest BCUT2D eigenvalue weighted by Crippen LogP contribution is -2.55. The number of hydrogen-bond acceptors (Lipinski definition) is 4. The van der Waals surface area contributed by atoms with Gasteiger partial charge in [-0.15, -0.1) is 0 Å². The molecule has 8 heteroatoms. The van der Waals surface area contributed by atoms with Crippen molar-refractivity contribution in [3.8, 4) is 0 Å². The van der Waals surface area contributed by atoms with E-state index < -0.39 is 34.1 Å². The molecule has 0 saturated carbocycles. The first-order chi connectivity index (χ1) is 16.1. The van der Waals surface area contributed by atoms with Gasteiger partial charge in [0.1, 0.15) is 12.6 Å². The third-order valence-corrected chi connectivity index (χ3v) is 7.08. The quantitative estimate of drug-likeness (QED) is 0.560. The van der Waals surface area contributed by atoms with Crippen molar-refractivity contribution in [2.24, 2.45) is 0 Å². The molecule has 2 amide bonds. The molecule has 1 atom stereocenters.